The first kappa shape index (κ1) is 24.5. The monoisotopic (exact) mass is 432 g/mol. The van der Waals surface area contributed by atoms with Crippen LogP contribution < -0.4 is 4.72 Å². The molecule has 162 valence electrons. The van der Waals surface area contributed by atoms with Crippen LogP contribution in [0.1, 0.15) is 17.3 Å². The van der Waals surface area contributed by atoms with Crippen LogP contribution in [0.25, 0.3) is 0 Å². The lowest BCUT2D eigenvalue weighted by Gasteiger charge is -2.26. The Hall–Kier alpha value is -2.54. The summed E-state index contributed by atoms with van der Waals surface area (Å²) >= 11 is 0. The van der Waals surface area contributed by atoms with Crippen LogP contribution in [-0.2, 0) is 29.1 Å². The van der Waals surface area contributed by atoms with E-state index in [1.807, 2.05) is 0 Å². The molecule has 0 radical (unpaired) electrons. The highest BCUT2D eigenvalue weighted by Crippen LogP contribution is 2.11. The second-order valence-electron chi connectivity index (χ2n) is 5.71. The van der Waals surface area contributed by atoms with Gasteiger partial charge in [0.15, 0.2) is 0 Å². The molecule has 1 heterocycles. The van der Waals surface area contributed by atoms with Crippen LogP contribution in [0.3, 0.4) is 0 Å². The van der Waals surface area contributed by atoms with Gasteiger partial charge in [0.05, 0.1) is 30.3 Å². The zero-order valence-electron chi connectivity index (χ0n) is 15.9. The Morgan fingerprint density at radius 2 is 1.66 bits per heavy atom. The number of carboxylic acids is 2. The summed E-state index contributed by atoms with van der Waals surface area (Å²) in [6.07, 6.45) is 0. The van der Waals surface area contributed by atoms with E-state index in [4.69, 9.17) is 29.3 Å². The molecule has 0 unspecified atom stereocenters. The first-order valence-corrected chi connectivity index (χ1v) is 10.2. The quantitative estimate of drug-likeness (QED) is 0.383. The molecular weight excluding hydrogens is 408 g/mol. The SMILES string of the molecule is CCOC(=O)c1ccc(S(=O)(=O)NCCN2CCOCC2)cc1.O=C(O)C(=O)O. The third kappa shape index (κ3) is 9.00. The van der Waals surface area contributed by atoms with Gasteiger partial charge in [-0.05, 0) is 31.2 Å². The minimum absolute atomic E-state index is 0.132. The van der Waals surface area contributed by atoms with Crippen molar-refractivity contribution < 1.29 is 42.5 Å². The summed E-state index contributed by atoms with van der Waals surface area (Å²) in [5.41, 5.74) is 0.333. The number of benzene rings is 1. The van der Waals surface area contributed by atoms with Gasteiger partial charge in [-0.25, -0.2) is 27.5 Å². The van der Waals surface area contributed by atoms with E-state index in [-0.39, 0.29) is 11.5 Å². The Balaban J connectivity index is 0.000000612. The molecule has 0 aliphatic carbocycles. The highest BCUT2D eigenvalue weighted by atomic mass is 32.2. The van der Waals surface area contributed by atoms with E-state index in [1.165, 1.54) is 24.3 Å². The van der Waals surface area contributed by atoms with Crippen LogP contribution in [0.4, 0.5) is 0 Å². The largest absolute Gasteiger partial charge is 0.473 e. The van der Waals surface area contributed by atoms with Crippen molar-refractivity contribution in [3.63, 3.8) is 0 Å². The van der Waals surface area contributed by atoms with Gasteiger partial charge in [0.1, 0.15) is 0 Å². The molecule has 2 rings (SSSR count). The summed E-state index contributed by atoms with van der Waals surface area (Å²) in [5, 5.41) is 14.8. The summed E-state index contributed by atoms with van der Waals surface area (Å²) in [5.74, 6) is -4.11. The Kier molecular flexibility index (Phi) is 10.2. The number of morpholine rings is 1. The standard InChI is InChI=1S/C15H22N2O5S.C2H2O4/c1-2-22-15(18)13-3-5-14(6-4-13)23(19,20)16-7-8-17-9-11-21-12-10-17;3-1(4)2(5)6/h3-6,16H,2,7-12H2,1H3;(H,3,4)(H,5,6). The van der Waals surface area contributed by atoms with E-state index in [2.05, 4.69) is 9.62 Å². The van der Waals surface area contributed by atoms with E-state index in [0.29, 0.717) is 31.9 Å². The number of carboxylic acid groups (broad SMARTS) is 2. The van der Waals surface area contributed by atoms with Gasteiger partial charge in [0, 0.05) is 26.2 Å². The van der Waals surface area contributed by atoms with Gasteiger partial charge in [0.25, 0.3) is 0 Å². The topological polar surface area (TPSA) is 160 Å². The number of aliphatic carboxylic acids is 2. The smallest absolute Gasteiger partial charge is 0.414 e. The number of nitrogens with one attached hydrogen (secondary N) is 1. The fourth-order valence-corrected chi connectivity index (χ4v) is 3.25. The van der Waals surface area contributed by atoms with Crippen molar-refractivity contribution in [3.8, 4) is 0 Å². The lowest BCUT2D eigenvalue weighted by Crippen LogP contribution is -2.41. The minimum Gasteiger partial charge on any atom is -0.473 e. The third-order valence-corrected chi connectivity index (χ3v) is 5.16. The Morgan fingerprint density at radius 3 is 2.14 bits per heavy atom. The summed E-state index contributed by atoms with van der Waals surface area (Å²) in [6, 6.07) is 5.72. The van der Waals surface area contributed by atoms with Gasteiger partial charge in [0.2, 0.25) is 10.0 Å². The number of ether oxygens (including phenoxy) is 2. The lowest BCUT2D eigenvalue weighted by atomic mass is 10.2. The number of rotatable bonds is 7. The molecule has 11 nitrogen and oxygen atoms in total. The van der Waals surface area contributed by atoms with Crippen molar-refractivity contribution in [3.05, 3.63) is 29.8 Å². The molecule has 1 aromatic carbocycles. The second-order valence-corrected chi connectivity index (χ2v) is 7.47. The predicted molar refractivity (Wildman–Crippen MR) is 100 cm³/mol. The molecule has 1 aromatic rings. The molecule has 1 fully saturated rings. The summed E-state index contributed by atoms with van der Waals surface area (Å²) < 4.78 is 37.1. The minimum atomic E-state index is -3.58. The molecule has 1 saturated heterocycles. The van der Waals surface area contributed by atoms with Gasteiger partial charge in [-0.2, -0.15) is 0 Å². The molecule has 0 atom stereocenters. The normalized spacial score (nSPS) is 14.4. The fourth-order valence-electron chi connectivity index (χ4n) is 2.23. The van der Waals surface area contributed by atoms with Crippen LogP contribution in [0.15, 0.2) is 29.2 Å². The van der Waals surface area contributed by atoms with E-state index in [0.717, 1.165) is 13.1 Å². The maximum absolute atomic E-state index is 12.2. The summed E-state index contributed by atoms with van der Waals surface area (Å²) in [4.78, 5) is 32.0. The number of sulfonamides is 1. The van der Waals surface area contributed by atoms with E-state index in [1.54, 1.807) is 6.92 Å². The molecule has 29 heavy (non-hydrogen) atoms. The van der Waals surface area contributed by atoms with Gasteiger partial charge >= 0.3 is 17.9 Å². The maximum Gasteiger partial charge on any atom is 0.414 e. The number of esters is 1. The predicted octanol–water partition coefficient (Wildman–Crippen LogP) is -0.371. The van der Waals surface area contributed by atoms with Gasteiger partial charge in [-0.15, -0.1) is 0 Å². The number of nitrogens with zero attached hydrogens (tertiary/aromatic N) is 1. The lowest BCUT2D eigenvalue weighted by molar-refractivity contribution is -0.159. The highest BCUT2D eigenvalue weighted by molar-refractivity contribution is 7.89. The summed E-state index contributed by atoms with van der Waals surface area (Å²) in [6.45, 7) is 5.97. The van der Waals surface area contributed by atoms with Gasteiger partial charge in [-0.3, -0.25) is 4.90 Å². The molecule has 0 amide bonds. The van der Waals surface area contributed by atoms with Crippen molar-refractivity contribution in [2.45, 2.75) is 11.8 Å². The number of hydrogen-bond donors (Lipinski definition) is 3. The zero-order chi connectivity index (χ0) is 21.9. The molecule has 0 bridgehead atoms. The second kappa shape index (κ2) is 12.1. The van der Waals surface area contributed by atoms with Crippen LogP contribution in [0.5, 0.6) is 0 Å². The van der Waals surface area contributed by atoms with Gasteiger partial charge in [-0.1, -0.05) is 0 Å². The fraction of sp³-hybridized carbons (Fsp3) is 0.471. The zero-order valence-corrected chi connectivity index (χ0v) is 16.7. The van der Waals surface area contributed by atoms with Crippen molar-refractivity contribution in [2.75, 3.05) is 46.0 Å². The first-order valence-electron chi connectivity index (χ1n) is 8.70. The Labute approximate surface area is 168 Å². The first-order chi connectivity index (χ1) is 13.7. The van der Waals surface area contributed by atoms with Crippen LogP contribution in [-0.4, -0.2) is 87.4 Å². The van der Waals surface area contributed by atoms with E-state index < -0.39 is 27.9 Å². The van der Waals surface area contributed by atoms with E-state index >= 15 is 0 Å². The van der Waals surface area contributed by atoms with Crippen molar-refractivity contribution in [2.24, 2.45) is 0 Å². The molecule has 3 N–H and O–H groups in total. The molecule has 12 heteroatoms. The van der Waals surface area contributed by atoms with E-state index in [9.17, 15) is 13.2 Å². The van der Waals surface area contributed by atoms with Crippen molar-refractivity contribution in [1.82, 2.24) is 9.62 Å². The Bertz CT molecular complexity index is 776. The maximum atomic E-state index is 12.2. The molecular formula is C17H24N2O9S. The Morgan fingerprint density at radius 1 is 1.10 bits per heavy atom. The highest BCUT2D eigenvalue weighted by Gasteiger charge is 2.16. The molecule has 0 spiro atoms. The molecule has 0 saturated carbocycles. The number of carbonyl (C=O) groups excluding carboxylic acids is 1. The van der Waals surface area contributed by atoms with Crippen molar-refractivity contribution in [1.29, 1.82) is 0 Å². The molecule has 1 aliphatic rings. The average molecular weight is 432 g/mol. The number of carbonyl (C=O) groups is 3. The average Bonchev–Trinajstić information content (AvgIpc) is 2.69. The third-order valence-electron chi connectivity index (χ3n) is 3.68. The van der Waals surface area contributed by atoms with Crippen molar-refractivity contribution >= 4 is 27.9 Å². The van der Waals surface area contributed by atoms with Crippen LogP contribution >= 0.6 is 0 Å². The summed E-state index contributed by atoms with van der Waals surface area (Å²) in [7, 11) is -3.58. The molecule has 1 aliphatic heterocycles. The van der Waals surface area contributed by atoms with Crippen LogP contribution in [0, 0.1) is 0 Å². The molecule has 0 aromatic heterocycles. The van der Waals surface area contributed by atoms with Gasteiger partial charge < -0.3 is 19.7 Å². The van der Waals surface area contributed by atoms with Crippen LogP contribution in [0.2, 0.25) is 0 Å². The number of hydrogen-bond acceptors (Lipinski definition) is 8.